The van der Waals surface area contributed by atoms with E-state index in [1.54, 1.807) is 4.90 Å². The number of nitrogens with zero attached hydrogens (tertiary/aromatic N) is 1. The van der Waals surface area contributed by atoms with Crippen molar-refractivity contribution in [2.24, 2.45) is 0 Å². The second-order valence-electron chi connectivity index (χ2n) is 7.13. The average Bonchev–Trinajstić information content (AvgIpc) is 2.65. The van der Waals surface area contributed by atoms with Crippen molar-refractivity contribution in [1.82, 2.24) is 4.90 Å². The Bertz CT molecular complexity index is 622. The maximum atomic E-state index is 12.4. The summed E-state index contributed by atoms with van der Waals surface area (Å²) < 4.78 is 10.3. The van der Waals surface area contributed by atoms with Gasteiger partial charge < -0.3 is 20.1 Å². The van der Waals surface area contributed by atoms with Crippen LogP contribution in [-0.4, -0.2) is 36.2 Å². The second kappa shape index (κ2) is 7.11. The molecule has 0 saturated carbocycles. The SMILES string of the molecule is COC(=O)CC1CCN(C(=O)OC(C)(C)C)Cc2cc(N)ccc21. The summed E-state index contributed by atoms with van der Waals surface area (Å²) >= 11 is 0. The van der Waals surface area contributed by atoms with Crippen molar-refractivity contribution < 1.29 is 19.1 Å². The summed E-state index contributed by atoms with van der Waals surface area (Å²) in [6.45, 7) is 6.47. The number of benzene rings is 1. The maximum absolute atomic E-state index is 12.4. The highest BCUT2D eigenvalue weighted by Crippen LogP contribution is 2.33. The summed E-state index contributed by atoms with van der Waals surface area (Å²) in [5.41, 5.74) is 7.98. The van der Waals surface area contributed by atoms with Crippen LogP contribution in [0.5, 0.6) is 0 Å². The van der Waals surface area contributed by atoms with E-state index in [1.165, 1.54) is 7.11 Å². The van der Waals surface area contributed by atoms with Gasteiger partial charge in [-0.2, -0.15) is 0 Å². The largest absolute Gasteiger partial charge is 0.469 e. The third-order valence-corrected chi connectivity index (χ3v) is 4.01. The lowest BCUT2D eigenvalue weighted by atomic mass is 9.90. The van der Waals surface area contributed by atoms with Gasteiger partial charge in [0, 0.05) is 18.8 Å². The number of ether oxygens (including phenoxy) is 2. The van der Waals surface area contributed by atoms with Gasteiger partial charge in [-0.05, 0) is 56.4 Å². The number of fused-ring (bicyclic) bond motifs is 1. The van der Waals surface area contributed by atoms with E-state index < -0.39 is 5.60 Å². The molecular weight excluding hydrogens is 308 g/mol. The van der Waals surface area contributed by atoms with Crippen LogP contribution in [0.15, 0.2) is 18.2 Å². The first-order valence-electron chi connectivity index (χ1n) is 8.12. The molecule has 6 nitrogen and oxygen atoms in total. The van der Waals surface area contributed by atoms with Crippen molar-refractivity contribution in [3.05, 3.63) is 29.3 Å². The van der Waals surface area contributed by atoms with Crippen molar-refractivity contribution in [3.63, 3.8) is 0 Å². The predicted molar refractivity (Wildman–Crippen MR) is 91.5 cm³/mol. The van der Waals surface area contributed by atoms with E-state index in [1.807, 2.05) is 39.0 Å². The molecule has 1 aliphatic rings. The number of rotatable bonds is 2. The molecule has 0 radical (unpaired) electrons. The Morgan fingerprint density at radius 2 is 2.04 bits per heavy atom. The molecule has 1 unspecified atom stereocenters. The number of nitrogen functional groups attached to an aromatic ring is 1. The van der Waals surface area contributed by atoms with Crippen molar-refractivity contribution in [2.45, 2.75) is 51.7 Å². The molecule has 0 spiro atoms. The van der Waals surface area contributed by atoms with Crippen molar-refractivity contribution >= 4 is 17.7 Å². The van der Waals surface area contributed by atoms with Crippen LogP contribution in [0.3, 0.4) is 0 Å². The monoisotopic (exact) mass is 334 g/mol. The van der Waals surface area contributed by atoms with Gasteiger partial charge in [-0.15, -0.1) is 0 Å². The normalized spacial score (nSPS) is 17.7. The van der Waals surface area contributed by atoms with E-state index in [2.05, 4.69) is 0 Å². The molecule has 0 fully saturated rings. The van der Waals surface area contributed by atoms with E-state index in [9.17, 15) is 9.59 Å². The molecule has 6 heteroatoms. The molecule has 24 heavy (non-hydrogen) atoms. The van der Waals surface area contributed by atoms with E-state index in [0.717, 1.165) is 11.1 Å². The number of nitrogens with two attached hydrogens (primary N) is 1. The molecule has 1 atom stereocenters. The first-order valence-corrected chi connectivity index (χ1v) is 8.12. The Morgan fingerprint density at radius 1 is 1.33 bits per heavy atom. The fourth-order valence-corrected chi connectivity index (χ4v) is 2.89. The summed E-state index contributed by atoms with van der Waals surface area (Å²) in [7, 11) is 1.38. The van der Waals surface area contributed by atoms with Crippen LogP contribution >= 0.6 is 0 Å². The molecular formula is C18H26N2O4. The van der Waals surface area contributed by atoms with Gasteiger partial charge in [-0.25, -0.2) is 4.79 Å². The van der Waals surface area contributed by atoms with Crippen molar-refractivity contribution in [1.29, 1.82) is 0 Å². The van der Waals surface area contributed by atoms with Crippen LogP contribution in [0.1, 0.15) is 50.7 Å². The fourth-order valence-electron chi connectivity index (χ4n) is 2.89. The first-order chi connectivity index (χ1) is 11.2. The zero-order valence-corrected chi connectivity index (χ0v) is 14.8. The summed E-state index contributed by atoms with van der Waals surface area (Å²) in [5, 5.41) is 0. The molecule has 1 aliphatic heterocycles. The topological polar surface area (TPSA) is 81.9 Å². The Morgan fingerprint density at radius 3 is 2.67 bits per heavy atom. The Hall–Kier alpha value is -2.24. The molecule has 1 heterocycles. The number of carbonyl (C=O) groups is 2. The lowest BCUT2D eigenvalue weighted by Crippen LogP contribution is -2.36. The van der Waals surface area contributed by atoms with Crippen molar-refractivity contribution in [3.8, 4) is 0 Å². The quantitative estimate of drug-likeness (QED) is 0.664. The third-order valence-electron chi connectivity index (χ3n) is 4.01. The minimum absolute atomic E-state index is 0.000451. The first kappa shape index (κ1) is 18.1. The minimum atomic E-state index is -0.548. The molecule has 0 saturated heterocycles. The number of hydrogen-bond donors (Lipinski definition) is 1. The summed E-state index contributed by atoms with van der Waals surface area (Å²) in [6.07, 6.45) is 0.607. The number of esters is 1. The van der Waals surface area contributed by atoms with Crippen LogP contribution in [0.25, 0.3) is 0 Å². The molecule has 132 valence electrons. The van der Waals surface area contributed by atoms with Gasteiger partial charge >= 0.3 is 12.1 Å². The second-order valence-corrected chi connectivity index (χ2v) is 7.13. The number of hydrogen-bond acceptors (Lipinski definition) is 5. The van der Waals surface area contributed by atoms with Crippen LogP contribution in [-0.2, 0) is 20.8 Å². The third kappa shape index (κ3) is 4.63. The number of methoxy groups -OCH3 is 1. The van der Waals surface area contributed by atoms with Crippen LogP contribution in [0, 0.1) is 0 Å². The predicted octanol–water partition coefficient (Wildman–Crippen LogP) is 3.06. The maximum Gasteiger partial charge on any atom is 0.410 e. The highest BCUT2D eigenvalue weighted by Gasteiger charge is 2.29. The summed E-state index contributed by atoms with van der Waals surface area (Å²) in [4.78, 5) is 25.8. The Labute approximate surface area is 142 Å². The molecule has 1 amide bonds. The van der Waals surface area contributed by atoms with Gasteiger partial charge in [0.15, 0.2) is 0 Å². The summed E-state index contributed by atoms with van der Waals surface area (Å²) in [5.74, 6) is -0.256. The molecule has 0 bridgehead atoms. The number of amides is 1. The minimum Gasteiger partial charge on any atom is -0.469 e. The van der Waals surface area contributed by atoms with Gasteiger partial charge in [0.1, 0.15) is 5.60 Å². The van der Waals surface area contributed by atoms with Gasteiger partial charge in [-0.3, -0.25) is 4.79 Å². The molecule has 2 rings (SSSR count). The lowest BCUT2D eigenvalue weighted by Gasteiger charge is -2.26. The fraction of sp³-hybridized carbons (Fsp3) is 0.556. The van der Waals surface area contributed by atoms with Crippen molar-refractivity contribution in [2.75, 3.05) is 19.4 Å². The van der Waals surface area contributed by atoms with Gasteiger partial charge in [0.25, 0.3) is 0 Å². The van der Waals surface area contributed by atoms with Crippen LogP contribution in [0.2, 0.25) is 0 Å². The smallest absolute Gasteiger partial charge is 0.410 e. The standard InChI is InChI=1S/C18H26N2O4/c1-18(2,3)24-17(22)20-8-7-12(10-16(21)23-4)15-6-5-14(19)9-13(15)11-20/h5-6,9,12H,7-8,10-11,19H2,1-4H3. The van der Waals surface area contributed by atoms with Gasteiger partial charge in [0.2, 0.25) is 0 Å². The average molecular weight is 334 g/mol. The number of carbonyl (C=O) groups excluding carboxylic acids is 2. The van der Waals surface area contributed by atoms with E-state index in [-0.39, 0.29) is 24.4 Å². The molecule has 2 N–H and O–H groups in total. The lowest BCUT2D eigenvalue weighted by molar-refractivity contribution is -0.141. The molecule has 1 aromatic rings. The van der Waals surface area contributed by atoms with E-state index >= 15 is 0 Å². The molecule has 0 aliphatic carbocycles. The molecule has 0 aromatic heterocycles. The van der Waals surface area contributed by atoms with E-state index in [4.69, 9.17) is 15.2 Å². The zero-order valence-electron chi connectivity index (χ0n) is 14.8. The molecule has 1 aromatic carbocycles. The summed E-state index contributed by atoms with van der Waals surface area (Å²) in [6, 6.07) is 5.63. The van der Waals surface area contributed by atoms with Gasteiger partial charge in [0.05, 0.1) is 13.5 Å². The highest BCUT2D eigenvalue weighted by atomic mass is 16.6. The highest BCUT2D eigenvalue weighted by molar-refractivity contribution is 5.71. The Kier molecular flexibility index (Phi) is 5.36. The van der Waals surface area contributed by atoms with Crippen LogP contribution in [0.4, 0.5) is 10.5 Å². The zero-order chi connectivity index (χ0) is 17.9. The number of anilines is 1. The van der Waals surface area contributed by atoms with Gasteiger partial charge in [-0.1, -0.05) is 6.07 Å². The van der Waals surface area contributed by atoms with E-state index in [0.29, 0.717) is 25.2 Å². The van der Waals surface area contributed by atoms with Crippen LogP contribution < -0.4 is 5.73 Å². The Balaban J connectivity index is 2.26.